The van der Waals surface area contributed by atoms with E-state index in [1.165, 1.54) is 83.1 Å². The molecule has 1 aliphatic heterocycles. The molecule has 0 spiro atoms. The molecule has 6 aromatic rings. The van der Waals surface area contributed by atoms with Crippen molar-refractivity contribution in [2.24, 2.45) is 0 Å². The second-order valence-corrected chi connectivity index (χ2v) is 10.1. The fraction of sp³-hybridized carbons (Fsp3) is 0.0909. The third-order valence-corrected chi connectivity index (χ3v) is 8.45. The summed E-state index contributed by atoms with van der Waals surface area (Å²) in [4.78, 5) is 0. The molecular weight excluding hydrogens is 410 g/mol. The Morgan fingerprint density at radius 1 is 0.471 bits per heavy atom. The Hall–Kier alpha value is -4.10. The summed E-state index contributed by atoms with van der Waals surface area (Å²) >= 11 is 0. The summed E-state index contributed by atoms with van der Waals surface area (Å²) in [6.45, 7) is 0. The largest absolute Gasteiger partial charge is 0.308 e. The summed E-state index contributed by atoms with van der Waals surface area (Å²) in [6.07, 6.45) is 3.04. The van der Waals surface area contributed by atoms with Crippen LogP contribution in [0.2, 0.25) is 0 Å². The minimum atomic E-state index is 1.00. The molecule has 0 fully saturated rings. The van der Waals surface area contributed by atoms with Crippen molar-refractivity contribution < 1.29 is 0 Å². The van der Waals surface area contributed by atoms with Crippen LogP contribution in [0.25, 0.3) is 49.7 Å². The summed E-state index contributed by atoms with van der Waals surface area (Å²) in [5.74, 6) is 0. The lowest BCUT2D eigenvalue weighted by atomic mass is 9.92. The Balaban J connectivity index is 1.50. The average molecular weight is 432 g/mol. The van der Waals surface area contributed by atoms with E-state index in [1.54, 1.807) is 0 Å². The molecule has 0 atom stereocenters. The van der Waals surface area contributed by atoms with Crippen LogP contribution in [0.5, 0.6) is 0 Å². The molecule has 2 aliphatic carbocycles. The molecule has 0 bridgehead atoms. The van der Waals surface area contributed by atoms with Gasteiger partial charge in [0.1, 0.15) is 0 Å². The van der Waals surface area contributed by atoms with Crippen LogP contribution in [0.15, 0.2) is 91.0 Å². The standard InChI is InChI=1S/C33H21N/c1-4-10-23-20(8-1)17-29-25(23)13-14-26-31-28-16-19-7-2-5-11-24(19)27(28)18-22-15-21-9-3-6-12-30(21)34(32(22)31)33(26)29/h1-14,18H,15-17H2. The SMILES string of the molecule is c1ccc2c(c1)Cc1c-2cc2c3c1c1ccc4c(c1n3-c1ccccc1C2)Cc1ccccc1-4. The second-order valence-electron chi connectivity index (χ2n) is 10.1. The van der Waals surface area contributed by atoms with Crippen LogP contribution >= 0.6 is 0 Å². The quantitative estimate of drug-likeness (QED) is 0.231. The van der Waals surface area contributed by atoms with Crippen LogP contribution in [-0.2, 0) is 19.3 Å². The second kappa shape index (κ2) is 5.87. The minimum Gasteiger partial charge on any atom is -0.308 e. The maximum Gasteiger partial charge on any atom is 0.0582 e. The zero-order valence-electron chi connectivity index (χ0n) is 18.7. The molecule has 158 valence electrons. The number of hydrogen-bond donors (Lipinski definition) is 0. The van der Waals surface area contributed by atoms with E-state index in [0.717, 1.165) is 19.3 Å². The highest BCUT2D eigenvalue weighted by molar-refractivity contribution is 6.17. The van der Waals surface area contributed by atoms with Gasteiger partial charge in [-0.2, -0.15) is 0 Å². The van der Waals surface area contributed by atoms with Gasteiger partial charge in [0.2, 0.25) is 0 Å². The fourth-order valence-corrected chi connectivity index (χ4v) is 7.09. The average Bonchev–Trinajstić information content (AvgIpc) is 3.54. The lowest BCUT2D eigenvalue weighted by Crippen LogP contribution is -2.09. The van der Waals surface area contributed by atoms with Crippen molar-refractivity contribution in [1.29, 1.82) is 0 Å². The predicted octanol–water partition coefficient (Wildman–Crippen LogP) is 7.83. The molecular formula is C33H21N. The number of fused-ring (bicyclic) bond motifs is 13. The van der Waals surface area contributed by atoms with Gasteiger partial charge in [-0.1, -0.05) is 78.9 Å². The molecule has 1 nitrogen and oxygen atoms in total. The number of para-hydroxylation sites is 1. The van der Waals surface area contributed by atoms with Crippen LogP contribution in [0.1, 0.15) is 33.4 Å². The molecule has 34 heavy (non-hydrogen) atoms. The molecule has 0 unspecified atom stereocenters. The zero-order chi connectivity index (χ0) is 22.0. The Morgan fingerprint density at radius 3 is 1.97 bits per heavy atom. The van der Waals surface area contributed by atoms with Crippen LogP contribution < -0.4 is 0 Å². The first-order valence-corrected chi connectivity index (χ1v) is 12.3. The van der Waals surface area contributed by atoms with E-state index in [1.807, 2.05) is 0 Å². The zero-order valence-corrected chi connectivity index (χ0v) is 18.7. The van der Waals surface area contributed by atoms with Gasteiger partial charge in [-0.05, 0) is 74.2 Å². The van der Waals surface area contributed by atoms with E-state index in [4.69, 9.17) is 0 Å². The van der Waals surface area contributed by atoms with E-state index in [0.29, 0.717) is 0 Å². The van der Waals surface area contributed by atoms with Gasteiger partial charge in [-0.25, -0.2) is 0 Å². The molecule has 0 amide bonds. The molecule has 3 aliphatic rings. The van der Waals surface area contributed by atoms with E-state index >= 15 is 0 Å². The first kappa shape index (κ1) is 17.4. The highest BCUT2D eigenvalue weighted by Gasteiger charge is 2.32. The van der Waals surface area contributed by atoms with Crippen LogP contribution in [-0.4, -0.2) is 4.57 Å². The molecule has 5 aromatic carbocycles. The Kier molecular flexibility index (Phi) is 3.00. The van der Waals surface area contributed by atoms with Crippen LogP contribution in [0, 0.1) is 0 Å². The molecule has 1 heteroatoms. The summed E-state index contributed by atoms with van der Waals surface area (Å²) in [5.41, 5.74) is 18.7. The van der Waals surface area contributed by atoms with Gasteiger partial charge < -0.3 is 4.57 Å². The van der Waals surface area contributed by atoms with Gasteiger partial charge in [0.15, 0.2) is 0 Å². The molecule has 0 saturated heterocycles. The van der Waals surface area contributed by atoms with E-state index in [-0.39, 0.29) is 0 Å². The highest BCUT2D eigenvalue weighted by Crippen LogP contribution is 2.51. The third-order valence-electron chi connectivity index (χ3n) is 8.45. The van der Waals surface area contributed by atoms with E-state index < -0.39 is 0 Å². The normalized spacial score (nSPS) is 14.1. The van der Waals surface area contributed by atoms with Crippen molar-refractivity contribution in [1.82, 2.24) is 4.57 Å². The number of aromatic nitrogens is 1. The highest BCUT2D eigenvalue weighted by atomic mass is 15.0. The van der Waals surface area contributed by atoms with Crippen molar-refractivity contribution in [2.75, 3.05) is 0 Å². The predicted molar refractivity (Wildman–Crippen MR) is 140 cm³/mol. The fourth-order valence-electron chi connectivity index (χ4n) is 7.09. The monoisotopic (exact) mass is 431 g/mol. The Morgan fingerprint density at radius 2 is 1.15 bits per heavy atom. The lowest BCUT2D eigenvalue weighted by Gasteiger charge is -2.22. The first-order valence-electron chi connectivity index (χ1n) is 12.3. The van der Waals surface area contributed by atoms with Gasteiger partial charge in [-0.3, -0.25) is 0 Å². The van der Waals surface area contributed by atoms with Crippen molar-refractivity contribution in [3.05, 3.63) is 124 Å². The van der Waals surface area contributed by atoms with Crippen molar-refractivity contribution >= 4 is 21.8 Å². The van der Waals surface area contributed by atoms with Gasteiger partial charge in [0, 0.05) is 29.3 Å². The topological polar surface area (TPSA) is 4.93 Å². The molecule has 9 rings (SSSR count). The maximum atomic E-state index is 2.62. The van der Waals surface area contributed by atoms with Gasteiger partial charge in [0.05, 0.1) is 11.0 Å². The lowest BCUT2D eigenvalue weighted by molar-refractivity contribution is 1.04. The van der Waals surface area contributed by atoms with Crippen molar-refractivity contribution in [3.8, 4) is 27.9 Å². The van der Waals surface area contributed by atoms with Crippen LogP contribution in [0.3, 0.4) is 0 Å². The van der Waals surface area contributed by atoms with E-state index in [2.05, 4.69) is 95.6 Å². The van der Waals surface area contributed by atoms with Crippen molar-refractivity contribution in [3.63, 3.8) is 0 Å². The Labute approximate surface area is 197 Å². The van der Waals surface area contributed by atoms with E-state index in [9.17, 15) is 0 Å². The number of rotatable bonds is 0. The van der Waals surface area contributed by atoms with Crippen LogP contribution in [0.4, 0.5) is 0 Å². The van der Waals surface area contributed by atoms with Gasteiger partial charge in [0.25, 0.3) is 0 Å². The van der Waals surface area contributed by atoms with Gasteiger partial charge in [-0.15, -0.1) is 0 Å². The number of benzene rings is 5. The molecule has 0 saturated carbocycles. The third kappa shape index (κ3) is 1.94. The first-order chi connectivity index (χ1) is 16.9. The summed E-state index contributed by atoms with van der Waals surface area (Å²) in [5, 5.41) is 2.90. The smallest absolute Gasteiger partial charge is 0.0582 e. The van der Waals surface area contributed by atoms with Crippen molar-refractivity contribution in [2.45, 2.75) is 19.3 Å². The summed E-state index contributed by atoms with van der Waals surface area (Å²) < 4.78 is 2.62. The molecule has 0 radical (unpaired) electrons. The molecule has 1 aromatic heterocycles. The number of nitrogens with zero attached hydrogens (tertiary/aromatic N) is 1. The van der Waals surface area contributed by atoms with Gasteiger partial charge >= 0.3 is 0 Å². The molecule has 2 heterocycles. The maximum absolute atomic E-state index is 2.62. The summed E-state index contributed by atoms with van der Waals surface area (Å²) in [7, 11) is 0. The molecule has 0 N–H and O–H groups in total. The summed E-state index contributed by atoms with van der Waals surface area (Å²) in [6, 6.07) is 34.3. The minimum absolute atomic E-state index is 1.00. The Bertz CT molecular complexity index is 1880. The number of hydrogen-bond acceptors (Lipinski definition) is 0.